The first kappa shape index (κ1) is 21.1. The van der Waals surface area contributed by atoms with Crippen molar-refractivity contribution < 1.29 is 9.47 Å². The summed E-state index contributed by atoms with van der Waals surface area (Å²) in [5.74, 6) is 1.76. The summed E-state index contributed by atoms with van der Waals surface area (Å²) in [7, 11) is 3.13. The highest BCUT2D eigenvalue weighted by atomic mass is 16.5. The summed E-state index contributed by atoms with van der Waals surface area (Å²) in [6.45, 7) is 5.41. The summed E-state index contributed by atoms with van der Waals surface area (Å²) < 4.78 is 10.6. The number of nitrogens with zero attached hydrogens (tertiary/aromatic N) is 3. The Morgan fingerprint density at radius 2 is 1.68 bits per heavy atom. The standard InChI is InChI=1S/C24H28N4O3/c1-30-21-15-19-20(16-22(21)31-2)25-23(26-24(19)29)17-28-13-11-27(12-14-28)10-6-9-18-7-4-3-5-8-18/h3-9,15-16H,10-14,17H2,1-2H3,(H,25,26,29). The molecule has 1 fully saturated rings. The molecule has 0 spiro atoms. The Morgan fingerprint density at radius 3 is 2.39 bits per heavy atom. The molecule has 1 N–H and O–H groups in total. The topological polar surface area (TPSA) is 70.7 Å². The van der Waals surface area contributed by atoms with Crippen molar-refractivity contribution in [2.24, 2.45) is 0 Å². The van der Waals surface area contributed by atoms with E-state index in [2.05, 4.69) is 56.2 Å². The normalized spacial score (nSPS) is 15.5. The molecular formula is C24H28N4O3. The smallest absolute Gasteiger partial charge is 0.258 e. The lowest BCUT2D eigenvalue weighted by molar-refractivity contribution is 0.134. The van der Waals surface area contributed by atoms with Gasteiger partial charge in [0.25, 0.3) is 5.56 Å². The molecule has 0 atom stereocenters. The lowest BCUT2D eigenvalue weighted by Gasteiger charge is -2.33. The zero-order chi connectivity index (χ0) is 21.6. The van der Waals surface area contributed by atoms with E-state index in [4.69, 9.17) is 9.47 Å². The molecule has 1 saturated heterocycles. The first-order valence-electron chi connectivity index (χ1n) is 10.5. The van der Waals surface area contributed by atoms with Crippen molar-refractivity contribution in [2.45, 2.75) is 6.54 Å². The number of ether oxygens (including phenoxy) is 2. The number of aromatic nitrogens is 2. The Kier molecular flexibility index (Phi) is 6.64. The molecular weight excluding hydrogens is 392 g/mol. The molecule has 0 unspecified atom stereocenters. The molecule has 0 bridgehead atoms. The van der Waals surface area contributed by atoms with Gasteiger partial charge < -0.3 is 14.5 Å². The van der Waals surface area contributed by atoms with Gasteiger partial charge in [-0.15, -0.1) is 0 Å². The van der Waals surface area contributed by atoms with Gasteiger partial charge in [-0.1, -0.05) is 42.5 Å². The fourth-order valence-corrected chi connectivity index (χ4v) is 3.83. The molecule has 0 saturated carbocycles. The summed E-state index contributed by atoms with van der Waals surface area (Å²) in [5.41, 5.74) is 1.67. The molecule has 162 valence electrons. The van der Waals surface area contributed by atoms with Crippen molar-refractivity contribution in [3.8, 4) is 11.5 Å². The molecule has 0 amide bonds. The van der Waals surface area contributed by atoms with Gasteiger partial charge >= 0.3 is 0 Å². The van der Waals surface area contributed by atoms with Gasteiger partial charge in [0.1, 0.15) is 5.82 Å². The van der Waals surface area contributed by atoms with E-state index in [-0.39, 0.29) is 5.56 Å². The van der Waals surface area contributed by atoms with Crippen LogP contribution in [-0.4, -0.2) is 66.7 Å². The van der Waals surface area contributed by atoms with Crippen LogP contribution in [0.1, 0.15) is 11.4 Å². The number of rotatable bonds is 7. The van der Waals surface area contributed by atoms with Gasteiger partial charge in [-0.3, -0.25) is 14.6 Å². The molecule has 0 radical (unpaired) electrons. The van der Waals surface area contributed by atoms with E-state index in [1.165, 1.54) is 5.56 Å². The highest BCUT2D eigenvalue weighted by Gasteiger charge is 2.18. The molecule has 3 aromatic rings. The molecule has 1 aliphatic rings. The van der Waals surface area contributed by atoms with Crippen LogP contribution in [0.2, 0.25) is 0 Å². The van der Waals surface area contributed by atoms with Crippen molar-refractivity contribution in [3.05, 3.63) is 70.3 Å². The SMILES string of the molecule is COc1cc2nc(CN3CCN(CC=Cc4ccccc4)CC3)[nH]c(=O)c2cc1OC. The van der Waals surface area contributed by atoms with E-state index < -0.39 is 0 Å². The van der Waals surface area contributed by atoms with Crippen LogP contribution in [0.15, 0.2) is 53.3 Å². The maximum atomic E-state index is 12.6. The van der Waals surface area contributed by atoms with Crippen LogP contribution in [0.5, 0.6) is 11.5 Å². The molecule has 1 aliphatic heterocycles. The number of benzene rings is 2. The first-order valence-corrected chi connectivity index (χ1v) is 10.5. The number of H-pyrrole nitrogens is 1. The van der Waals surface area contributed by atoms with Crippen LogP contribution in [0.3, 0.4) is 0 Å². The monoisotopic (exact) mass is 420 g/mol. The van der Waals surface area contributed by atoms with Crippen molar-refractivity contribution in [2.75, 3.05) is 46.9 Å². The molecule has 4 rings (SSSR count). The Bertz CT molecular complexity index is 1100. The fourth-order valence-electron chi connectivity index (χ4n) is 3.83. The molecule has 31 heavy (non-hydrogen) atoms. The summed E-state index contributed by atoms with van der Waals surface area (Å²) in [6, 6.07) is 13.8. The number of hydrogen-bond donors (Lipinski definition) is 1. The quantitative estimate of drug-likeness (QED) is 0.634. The van der Waals surface area contributed by atoms with Gasteiger partial charge in [-0.05, 0) is 11.6 Å². The fraction of sp³-hybridized carbons (Fsp3) is 0.333. The van der Waals surface area contributed by atoms with E-state index in [0.29, 0.717) is 34.8 Å². The minimum Gasteiger partial charge on any atom is -0.493 e. The number of hydrogen-bond acceptors (Lipinski definition) is 6. The first-order chi connectivity index (χ1) is 15.2. The summed E-state index contributed by atoms with van der Waals surface area (Å²) in [5, 5.41) is 0.497. The highest BCUT2D eigenvalue weighted by molar-refractivity contribution is 5.81. The van der Waals surface area contributed by atoms with E-state index in [1.54, 1.807) is 26.4 Å². The van der Waals surface area contributed by atoms with Crippen LogP contribution in [0, 0.1) is 0 Å². The lowest BCUT2D eigenvalue weighted by atomic mass is 10.2. The molecule has 0 aliphatic carbocycles. The van der Waals surface area contributed by atoms with Crippen LogP contribution >= 0.6 is 0 Å². The predicted octanol–water partition coefficient (Wildman–Crippen LogP) is 2.77. The van der Waals surface area contributed by atoms with Crippen molar-refractivity contribution >= 4 is 17.0 Å². The average molecular weight is 421 g/mol. The maximum absolute atomic E-state index is 12.6. The zero-order valence-corrected chi connectivity index (χ0v) is 18.0. The van der Waals surface area contributed by atoms with Gasteiger partial charge in [0, 0.05) is 38.8 Å². The average Bonchev–Trinajstić information content (AvgIpc) is 2.80. The molecule has 2 aromatic carbocycles. The summed E-state index contributed by atoms with van der Waals surface area (Å²) in [4.78, 5) is 24.9. The largest absolute Gasteiger partial charge is 0.493 e. The molecule has 7 nitrogen and oxygen atoms in total. The minimum atomic E-state index is -0.161. The second-order valence-corrected chi connectivity index (χ2v) is 7.63. The van der Waals surface area contributed by atoms with Gasteiger partial charge in [0.05, 0.1) is 31.7 Å². The van der Waals surface area contributed by atoms with E-state index in [0.717, 1.165) is 32.7 Å². The summed E-state index contributed by atoms with van der Waals surface area (Å²) >= 11 is 0. The van der Waals surface area contributed by atoms with Gasteiger partial charge in [0.2, 0.25) is 0 Å². The third-order valence-electron chi connectivity index (χ3n) is 5.57. The van der Waals surface area contributed by atoms with Gasteiger partial charge in [-0.25, -0.2) is 4.98 Å². The number of aromatic amines is 1. The lowest BCUT2D eigenvalue weighted by Crippen LogP contribution is -2.46. The van der Waals surface area contributed by atoms with E-state index in [9.17, 15) is 4.79 Å². The third kappa shape index (κ3) is 5.13. The highest BCUT2D eigenvalue weighted by Crippen LogP contribution is 2.29. The van der Waals surface area contributed by atoms with Crippen LogP contribution in [-0.2, 0) is 6.54 Å². The Labute approximate surface area is 181 Å². The van der Waals surface area contributed by atoms with Crippen LogP contribution in [0.25, 0.3) is 17.0 Å². The number of methoxy groups -OCH3 is 2. The van der Waals surface area contributed by atoms with E-state index >= 15 is 0 Å². The third-order valence-corrected chi connectivity index (χ3v) is 5.57. The molecule has 7 heteroatoms. The second kappa shape index (κ2) is 9.76. The summed E-state index contributed by atoms with van der Waals surface area (Å²) in [6.07, 6.45) is 4.38. The number of fused-ring (bicyclic) bond motifs is 1. The van der Waals surface area contributed by atoms with E-state index in [1.807, 2.05) is 6.07 Å². The molecule has 2 heterocycles. The van der Waals surface area contributed by atoms with Crippen molar-refractivity contribution in [3.63, 3.8) is 0 Å². The predicted molar refractivity (Wildman–Crippen MR) is 123 cm³/mol. The maximum Gasteiger partial charge on any atom is 0.258 e. The van der Waals surface area contributed by atoms with Crippen molar-refractivity contribution in [1.29, 1.82) is 0 Å². The van der Waals surface area contributed by atoms with Gasteiger partial charge in [0.15, 0.2) is 11.5 Å². The number of nitrogens with one attached hydrogen (secondary N) is 1. The zero-order valence-electron chi connectivity index (χ0n) is 18.0. The van der Waals surface area contributed by atoms with Gasteiger partial charge in [-0.2, -0.15) is 0 Å². The van der Waals surface area contributed by atoms with Crippen LogP contribution in [0.4, 0.5) is 0 Å². The minimum absolute atomic E-state index is 0.161. The Morgan fingerprint density at radius 1 is 1.00 bits per heavy atom. The Balaban J connectivity index is 1.37. The Hall–Kier alpha value is -3.16. The molecule has 1 aromatic heterocycles. The van der Waals surface area contributed by atoms with Crippen molar-refractivity contribution in [1.82, 2.24) is 19.8 Å². The van der Waals surface area contributed by atoms with Crippen LogP contribution < -0.4 is 15.0 Å². The second-order valence-electron chi connectivity index (χ2n) is 7.63. The number of piperazine rings is 1.